The Labute approximate surface area is 230 Å². The fourth-order valence-electron chi connectivity index (χ4n) is 4.81. The number of aromatic amines is 1. The molecule has 4 amide bonds. The van der Waals surface area contributed by atoms with Gasteiger partial charge in [0.2, 0.25) is 0 Å². The van der Waals surface area contributed by atoms with E-state index in [9.17, 15) is 19.2 Å². The highest BCUT2D eigenvalue weighted by Crippen LogP contribution is 2.27. The Kier molecular flexibility index (Phi) is 7.29. The van der Waals surface area contributed by atoms with Crippen molar-refractivity contribution in [3.05, 3.63) is 95.7 Å². The third-order valence-electron chi connectivity index (χ3n) is 6.87. The van der Waals surface area contributed by atoms with Crippen molar-refractivity contribution in [3.8, 4) is 6.07 Å². The first-order valence-electron chi connectivity index (χ1n) is 12.7. The summed E-state index contributed by atoms with van der Waals surface area (Å²) < 4.78 is 0. The number of para-hydroxylation sites is 1. The molecule has 1 aliphatic rings. The van der Waals surface area contributed by atoms with Crippen LogP contribution in [-0.4, -0.2) is 64.1 Å². The number of ketones is 1. The molecule has 0 aliphatic carbocycles. The fraction of sp³-hybridized carbons (Fsp3) is 0.167. The van der Waals surface area contributed by atoms with Crippen LogP contribution in [0.5, 0.6) is 0 Å². The lowest BCUT2D eigenvalue weighted by atomic mass is 10.1. The standard InChI is InChI=1S/C30H26N6O4/c1-19-18-35(28(38)21-6-3-2-4-7-21)14-15-36(19)29(39)27(37)24-17-32-26-23(24)8-5-9-25(26)34-30(40)33-22-12-10-20(16-31)11-13-22/h2-13,17,19,32H,14-15,18H2,1H3,(H2,33,34,40). The number of carbonyl (C=O) groups excluding carboxylic acids is 4. The molecule has 2 heterocycles. The molecule has 1 aromatic heterocycles. The molecule has 10 heteroatoms. The van der Waals surface area contributed by atoms with Crippen molar-refractivity contribution in [2.24, 2.45) is 0 Å². The summed E-state index contributed by atoms with van der Waals surface area (Å²) in [5.74, 6) is -1.41. The molecule has 0 bridgehead atoms. The Hall–Kier alpha value is -5.43. The summed E-state index contributed by atoms with van der Waals surface area (Å²) >= 11 is 0. The Bertz CT molecular complexity index is 1640. The largest absolute Gasteiger partial charge is 0.359 e. The smallest absolute Gasteiger partial charge is 0.323 e. The van der Waals surface area contributed by atoms with Crippen molar-refractivity contribution in [1.29, 1.82) is 5.26 Å². The zero-order chi connectivity index (χ0) is 28.2. The molecule has 10 nitrogen and oxygen atoms in total. The van der Waals surface area contributed by atoms with Crippen LogP contribution in [-0.2, 0) is 4.79 Å². The summed E-state index contributed by atoms with van der Waals surface area (Å²) in [5, 5.41) is 14.9. The first kappa shape index (κ1) is 26.2. The maximum absolute atomic E-state index is 13.3. The number of hydrogen-bond acceptors (Lipinski definition) is 5. The van der Waals surface area contributed by atoms with Gasteiger partial charge in [0.1, 0.15) is 0 Å². The summed E-state index contributed by atoms with van der Waals surface area (Å²) in [4.78, 5) is 58.2. The van der Waals surface area contributed by atoms with E-state index in [0.29, 0.717) is 46.5 Å². The second-order valence-electron chi connectivity index (χ2n) is 9.49. The van der Waals surface area contributed by atoms with E-state index < -0.39 is 17.7 Å². The number of amides is 4. The SMILES string of the molecule is CC1CN(C(=O)c2ccccc2)CCN1C(=O)C(=O)c1c[nH]c2c(NC(=O)Nc3ccc(C#N)cc3)cccc12. The predicted octanol–water partition coefficient (Wildman–Crippen LogP) is 4.24. The van der Waals surface area contributed by atoms with E-state index in [-0.39, 0.29) is 24.1 Å². The highest BCUT2D eigenvalue weighted by atomic mass is 16.2. The van der Waals surface area contributed by atoms with E-state index in [1.165, 1.54) is 11.1 Å². The number of benzene rings is 3. The lowest BCUT2D eigenvalue weighted by Crippen LogP contribution is -2.56. The molecule has 1 unspecified atom stereocenters. The van der Waals surface area contributed by atoms with Gasteiger partial charge in [-0.1, -0.05) is 30.3 Å². The molecule has 1 saturated heterocycles. The maximum Gasteiger partial charge on any atom is 0.323 e. The first-order chi connectivity index (χ1) is 19.4. The topological polar surface area (TPSA) is 138 Å². The summed E-state index contributed by atoms with van der Waals surface area (Å²) in [6.45, 7) is 2.71. The highest BCUT2D eigenvalue weighted by Gasteiger charge is 2.34. The molecular formula is C30H26N6O4. The number of aromatic nitrogens is 1. The third-order valence-corrected chi connectivity index (χ3v) is 6.87. The van der Waals surface area contributed by atoms with E-state index in [4.69, 9.17) is 5.26 Å². The van der Waals surface area contributed by atoms with Crippen LogP contribution in [0, 0.1) is 11.3 Å². The predicted molar refractivity (Wildman–Crippen MR) is 150 cm³/mol. The van der Waals surface area contributed by atoms with Gasteiger partial charge in [0.05, 0.1) is 28.4 Å². The maximum atomic E-state index is 13.3. The van der Waals surface area contributed by atoms with Crippen LogP contribution >= 0.6 is 0 Å². The average Bonchev–Trinajstić information content (AvgIpc) is 3.42. The molecule has 0 saturated carbocycles. The van der Waals surface area contributed by atoms with Crippen molar-refractivity contribution >= 4 is 45.9 Å². The molecule has 1 aliphatic heterocycles. The van der Waals surface area contributed by atoms with Gasteiger partial charge >= 0.3 is 6.03 Å². The minimum absolute atomic E-state index is 0.106. The molecule has 5 rings (SSSR count). The lowest BCUT2D eigenvalue weighted by Gasteiger charge is -2.39. The first-order valence-corrected chi connectivity index (χ1v) is 12.7. The number of rotatable bonds is 5. The monoisotopic (exact) mass is 534 g/mol. The Morgan fingerprint density at radius 3 is 2.38 bits per heavy atom. The number of fused-ring (bicyclic) bond motifs is 1. The number of anilines is 2. The Morgan fingerprint density at radius 1 is 0.925 bits per heavy atom. The van der Waals surface area contributed by atoms with Crippen LogP contribution in [0.2, 0.25) is 0 Å². The molecule has 3 N–H and O–H groups in total. The number of nitriles is 1. The number of nitrogens with one attached hydrogen (secondary N) is 3. The molecule has 1 fully saturated rings. The van der Waals surface area contributed by atoms with Crippen LogP contribution in [0.1, 0.15) is 33.2 Å². The number of urea groups is 1. The lowest BCUT2D eigenvalue weighted by molar-refractivity contribution is -0.130. The fourth-order valence-corrected chi connectivity index (χ4v) is 4.81. The number of H-pyrrole nitrogens is 1. The second-order valence-corrected chi connectivity index (χ2v) is 9.49. The highest BCUT2D eigenvalue weighted by molar-refractivity contribution is 6.45. The second kappa shape index (κ2) is 11.1. The Morgan fingerprint density at radius 2 is 1.68 bits per heavy atom. The van der Waals surface area contributed by atoms with Crippen molar-refractivity contribution in [2.75, 3.05) is 30.3 Å². The minimum atomic E-state index is -0.667. The molecule has 1 atom stereocenters. The van der Waals surface area contributed by atoms with Gasteiger partial charge in [0.15, 0.2) is 0 Å². The molecular weight excluding hydrogens is 508 g/mol. The van der Waals surface area contributed by atoms with E-state index in [2.05, 4.69) is 15.6 Å². The quantitative estimate of drug-likeness (QED) is 0.260. The number of hydrogen-bond donors (Lipinski definition) is 3. The van der Waals surface area contributed by atoms with Gasteiger partial charge in [0, 0.05) is 48.5 Å². The summed E-state index contributed by atoms with van der Waals surface area (Å²) in [6.07, 6.45) is 1.47. The number of piperazine rings is 1. The normalized spacial score (nSPS) is 14.8. The van der Waals surface area contributed by atoms with E-state index >= 15 is 0 Å². The zero-order valence-electron chi connectivity index (χ0n) is 21.7. The number of carbonyl (C=O) groups is 4. The molecule has 4 aromatic rings. The van der Waals surface area contributed by atoms with Gasteiger partial charge < -0.3 is 25.4 Å². The van der Waals surface area contributed by atoms with Gasteiger partial charge in [-0.25, -0.2) is 4.79 Å². The van der Waals surface area contributed by atoms with Crippen LogP contribution in [0.15, 0.2) is 79.0 Å². The molecule has 0 radical (unpaired) electrons. The summed E-state index contributed by atoms with van der Waals surface area (Å²) in [6, 6.07) is 21.6. The minimum Gasteiger partial charge on any atom is -0.359 e. The summed E-state index contributed by atoms with van der Waals surface area (Å²) in [7, 11) is 0. The molecule has 40 heavy (non-hydrogen) atoms. The van der Waals surface area contributed by atoms with Crippen molar-refractivity contribution in [2.45, 2.75) is 13.0 Å². The van der Waals surface area contributed by atoms with Crippen LogP contribution in [0.3, 0.4) is 0 Å². The van der Waals surface area contributed by atoms with E-state index in [1.807, 2.05) is 19.1 Å². The zero-order valence-corrected chi connectivity index (χ0v) is 21.7. The van der Waals surface area contributed by atoms with Gasteiger partial charge in [-0.15, -0.1) is 0 Å². The molecule has 0 spiro atoms. The summed E-state index contributed by atoms with van der Waals surface area (Å²) in [5.41, 5.74) is 2.70. The van der Waals surface area contributed by atoms with Gasteiger partial charge in [-0.2, -0.15) is 5.26 Å². The van der Waals surface area contributed by atoms with E-state index in [1.54, 1.807) is 71.6 Å². The molecule has 3 aromatic carbocycles. The molecule has 200 valence electrons. The van der Waals surface area contributed by atoms with Crippen LogP contribution < -0.4 is 10.6 Å². The van der Waals surface area contributed by atoms with Crippen LogP contribution in [0.25, 0.3) is 10.9 Å². The van der Waals surface area contributed by atoms with Crippen LogP contribution in [0.4, 0.5) is 16.2 Å². The Balaban J connectivity index is 1.27. The number of nitrogens with zero attached hydrogens (tertiary/aromatic N) is 3. The average molecular weight is 535 g/mol. The van der Waals surface area contributed by atoms with Crippen molar-refractivity contribution in [1.82, 2.24) is 14.8 Å². The number of Topliss-reactive ketones (excluding diaryl/α,β-unsaturated/α-hetero) is 1. The van der Waals surface area contributed by atoms with Crippen molar-refractivity contribution < 1.29 is 19.2 Å². The van der Waals surface area contributed by atoms with Gasteiger partial charge in [-0.05, 0) is 49.4 Å². The van der Waals surface area contributed by atoms with Gasteiger partial charge in [0.25, 0.3) is 17.6 Å². The van der Waals surface area contributed by atoms with E-state index in [0.717, 1.165) is 0 Å². The van der Waals surface area contributed by atoms with Crippen molar-refractivity contribution in [3.63, 3.8) is 0 Å². The van der Waals surface area contributed by atoms with Gasteiger partial charge in [-0.3, -0.25) is 14.4 Å². The third kappa shape index (κ3) is 5.26.